The third-order valence-electron chi connectivity index (χ3n) is 2.93. The summed E-state index contributed by atoms with van der Waals surface area (Å²) in [5.41, 5.74) is 6.03. The van der Waals surface area contributed by atoms with Crippen molar-refractivity contribution in [2.24, 2.45) is 5.73 Å². The van der Waals surface area contributed by atoms with Crippen LogP contribution in [0.1, 0.15) is 52.1 Å². The van der Waals surface area contributed by atoms with Gasteiger partial charge >= 0.3 is 0 Å². The van der Waals surface area contributed by atoms with Gasteiger partial charge in [0.1, 0.15) is 0 Å². The molecule has 0 unspecified atom stereocenters. The zero-order valence-electron chi connectivity index (χ0n) is 12.3. The Morgan fingerprint density at radius 3 is 2.58 bits per heavy atom. The molecule has 0 aliphatic heterocycles. The van der Waals surface area contributed by atoms with E-state index in [0.717, 1.165) is 44.5 Å². The standard InChI is InChI=1S/C14H26N4O/c1-14(2,3)11-10-12(19)18-13(17-11)16-9-7-5-4-6-8-15/h10H,4-9,15H2,1-3H3,(H2,16,17,18,19). The van der Waals surface area contributed by atoms with Crippen molar-refractivity contribution in [3.63, 3.8) is 0 Å². The highest BCUT2D eigenvalue weighted by molar-refractivity contribution is 5.27. The number of anilines is 1. The van der Waals surface area contributed by atoms with E-state index in [1.54, 1.807) is 6.07 Å². The van der Waals surface area contributed by atoms with Crippen LogP contribution >= 0.6 is 0 Å². The summed E-state index contributed by atoms with van der Waals surface area (Å²) in [7, 11) is 0. The van der Waals surface area contributed by atoms with E-state index in [9.17, 15) is 4.79 Å². The summed E-state index contributed by atoms with van der Waals surface area (Å²) in [5, 5.41) is 3.18. The molecule has 0 radical (unpaired) electrons. The molecule has 1 heterocycles. The topological polar surface area (TPSA) is 83.8 Å². The Kier molecular flexibility index (Phi) is 6.02. The van der Waals surface area contributed by atoms with Gasteiger partial charge in [0.15, 0.2) is 0 Å². The normalized spacial score (nSPS) is 11.6. The van der Waals surface area contributed by atoms with E-state index in [-0.39, 0.29) is 11.0 Å². The minimum absolute atomic E-state index is 0.106. The quantitative estimate of drug-likeness (QED) is 0.659. The van der Waals surface area contributed by atoms with Gasteiger partial charge in [-0.15, -0.1) is 0 Å². The summed E-state index contributed by atoms with van der Waals surface area (Å²) < 4.78 is 0. The number of hydrogen-bond donors (Lipinski definition) is 3. The number of hydrogen-bond acceptors (Lipinski definition) is 4. The van der Waals surface area contributed by atoms with Crippen molar-refractivity contribution in [1.82, 2.24) is 9.97 Å². The van der Waals surface area contributed by atoms with E-state index in [4.69, 9.17) is 5.73 Å². The number of unbranched alkanes of at least 4 members (excludes halogenated alkanes) is 3. The lowest BCUT2D eigenvalue weighted by molar-refractivity contribution is 0.566. The van der Waals surface area contributed by atoms with Crippen molar-refractivity contribution in [3.8, 4) is 0 Å². The predicted octanol–water partition coefficient (Wildman–Crippen LogP) is 2.00. The molecule has 0 atom stereocenters. The highest BCUT2D eigenvalue weighted by Crippen LogP contribution is 2.18. The van der Waals surface area contributed by atoms with Gasteiger partial charge in [-0.25, -0.2) is 4.98 Å². The van der Waals surface area contributed by atoms with Gasteiger partial charge in [-0.2, -0.15) is 0 Å². The van der Waals surface area contributed by atoms with Crippen molar-refractivity contribution in [3.05, 3.63) is 22.1 Å². The number of nitrogens with two attached hydrogens (primary N) is 1. The van der Waals surface area contributed by atoms with Crippen LogP contribution in [0.4, 0.5) is 5.95 Å². The van der Waals surface area contributed by atoms with Crippen LogP contribution in [0.15, 0.2) is 10.9 Å². The third kappa shape index (κ3) is 5.87. The first-order valence-electron chi connectivity index (χ1n) is 6.99. The molecule has 1 aromatic heterocycles. The summed E-state index contributed by atoms with van der Waals surface area (Å²) in [6, 6.07) is 1.56. The molecule has 108 valence electrons. The van der Waals surface area contributed by atoms with Gasteiger partial charge in [0.25, 0.3) is 5.56 Å². The lowest BCUT2D eigenvalue weighted by Crippen LogP contribution is -2.21. The zero-order chi connectivity index (χ0) is 14.3. The van der Waals surface area contributed by atoms with Crippen LogP contribution in [0, 0.1) is 0 Å². The first-order chi connectivity index (χ1) is 8.93. The van der Waals surface area contributed by atoms with Gasteiger partial charge in [-0.1, -0.05) is 33.6 Å². The minimum atomic E-state index is -0.119. The smallest absolute Gasteiger partial charge is 0.252 e. The van der Waals surface area contributed by atoms with E-state index in [1.807, 2.05) is 20.8 Å². The van der Waals surface area contributed by atoms with E-state index in [0.29, 0.717) is 5.95 Å². The fourth-order valence-electron chi connectivity index (χ4n) is 1.76. The van der Waals surface area contributed by atoms with E-state index >= 15 is 0 Å². The van der Waals surface area contributed by atoms with Crippen molar-refractivity contribution >= 4 is 5.95 Å². The van der Waals surface area contributed by atoms with Gasteiger partial charge in [0.05, 0.1) is 5.69 Å². The van der Waals surface area contributed by atoms with Gasteiger partial charge in [-0.05, 0) is 19.4 Å². The summed E-state index contributed by atoms with van der Waals surface area (Å²) in [5.74, 6) is 0.566. The van der Waals surface area contributed by atoms with Gasteiger partial charge in [-0.3, -0.25) is 9.78 Å². The molecule has 5 heteroatoms. The Labute approximate surface area is 115 Å². The molecule has 0 amide bonds. The molecule has 0 fully saturated rings. The van der Waals surface area contributed by atoms with Crippen LogP contribution in [0.2, 0.25) is 0 Å². The van der Waals surface area contributed by atoms with Crippen molar-refractivity contribution in [2.45, 2.75) is 51.9 Å². The Morgan fingerprint density at radius 1 is 1.26 bits per heavy atom. The predicted molar refractivity (Wildman–Crippen MR) is 79.6 cm³/mol. The van der Waals surface area contributed by atoms with Crippen LogP contribution in [0.25, 0.3) is 0 Å². The molecule has 0 saturated heterocycles. The molecule has 5 nitrogen and oxygen atoms in total. The number of H-pyrrole nitrogens is 1. The molecule has 1 rings (SSSR count). The number of nitrogens with zero attached hydrogens (tertiary/aromatic N) is 1. The van der Waals surface area contributed by atoms with Gasteiger partial charge in [0, 0.05) is 18.0 Å². The minimum Gasteiger partial charge on any atom is -0.356 e. The molecule has 0 spiro atoms. The lowest BCUT2D eigenvalue weighted by atomic mass is 9.92. The Hall–Kier alpha value is -1.36. The number of rotatable bonds is 7. The monoisotopic (exact) mass is 266 g/mol. The van der Waals surface area contributed by atoms with Crippen molar-refractivity contribution in [1.29, 1.82) is 0 Å². The van der Waals surface area contributed by atoms with Crippen molar-refractivity contribution in [2.75, 3.05) is 18.4 Å². The Morgan fingerprint density at radius 2 is 1.95 bits per heavy atom. The molecule has 0 aromatic carbocycles. The lowest BCUT2D eigenvalue weighted by Gasteiger charge is -2.18. The van der Waals surface area contributed by atoms with Gasteiger partial charge < -0.3 is 11.1 Å². The molecular formula is C14H26N4O. The van der Waals surface area contributed by atoms with Crippen LogP contribution in [0.5, 0.6) is 0 Å². The largest absolute Gasteiger partial charge is 0.356 e. The fourth-order valence-corrected chi connectivity index (χ4v) is 1.76. The second-order valence-corrected chi connectivity index (χ2v) is 5.86. The van der Waals surface area contributed by atoms with E-state index in [2.05, 4.69) is 15.3 Å². The Bertz CT molecular complexity index is 434. The van der Waals surface area contributed by atoms with Crippen LogP contribution in [-0.4, -0.2) is 23.1 Å². The molecule has 19 heavy (non-hydrogen) atoms. The zero-order valence-corrected chi connectivity index (χ0v) is 12.3. The molecular weight excluding hydrogens is 240 g/mol. The highest BCUT2D eigenvalue weighted by Gasteiger charge is 2.16. The first-order valence-corrected chi connectivity index (χ1v) is 6.99. The molecule has 4 N–H and O–H groups in total. The number of nitrogens with one attached hydrogen (secondary N) is 2. The fraction of sp³-hybridized carbons (Fsp3) is 0.714. The Balaban J connectivity index is 2.50. The number of aromatic amines is 1. The molecule has 0 saturated carbocycles. The molecule has 0 bridgehead atoms. The maximum Gasteiger partial charge on any atom is 0.252 e. The number of aromatic nitrogens is 2. The van der Waals surface area contributed by atoms with Crippen LogP contribution in [-0.2, 0) is 5.41 Å². The summed E-state index contributed by atoms with van der Waals surface area (Å²) in [6.07, 6.45) is 4.44. The average molecular weight is 266 g/mol. The SMILES string of the molecule is CC(C)(C)c1cc(=O)[nH]c(NCCCCCCN)n1. The molecule has 0 aliphatic rings. The van der Waals surface area contributed by atoms with Crippen LogP contribution < -0.4 is 16.6 Å². The van der Waals surface area contributed by atoms with Gasteiger partial charge in [0.2, 0.25) is 5.95 Å². The summed E-state index contributed by atoms with van der Waals surface area (Å²) in [4.78, 5) is 18.8. The summed E-state index contributed by atoms with van der Waals surface area (Å²) >= 11 is 0. The second kappa shape index (κ2) is 7.28. The highest BCUT2D eigenvalue weighted by atomic mass is 16.1. The average Bonchev–Trinajstić information content (AvgIpc) is 2.32. The first kappa shape index (κ1) is 15.7. The maximum absolute atomic E-state index is 11.6. The van der Waals surface area contributed by atoms with Crippen molar-refractivity contribution < 1.29 is 0 Å². The summed E-state index contributed by atoms with van der Waals surface area (Å²) in [6.45, 7) is 7.72. The second-order valence-electron chi connectivity index (χ2n) is 5.86. The molecule has 0 aliphatic carbocycles. The maximum atomic E-state index is 11.6. The van der Waals surface area contributed by atoms with E-state index in [1.165, 1.54) is 0 Å². The third-order valence-corrected chi connectivity index (χ3v) is 2.93. The van der Waals surface area contributed by atoms with Crippen LogP contribution in [0.3, 0.4) is 0 Å². The molecule has 1 aromatic rings. The van der Waals surface area contributed by atoms with E-state index < -0.39 is 0 Å².